The van der Waals surface area contributed by atoms with Crippen molar-refractivity contribution in [3.05, 3.63) is 96.1 Å². The Morgan fingerprint density at radius 3 is 2.10 bits per heavy atom. The molecular weight excluding hydrogens is 382 g/mol. The lowest BCUT2D eigenvalue weighted by Gasteiger charge is -2.48. The second-order valence-corrected chi connectivity index (χ2v) is 6.92. The van der Waals surface area contributed by atoms with Crippen molar-refractivity contribution in [1.82, 2.24) is 4.90 Å². The number of amides is 1. The van der Waals surface area contributed by atoms with Gasteiger partial charge in [0, 0.05) is 5.56 Å². The van der Waals surface area contributed by atoms with E-state index in [2.05, 4.69) is 0 Å². The van der Waals surface area contributed by atoms with Crippen molar-refractivity contribution in [2.75, 3.05) is 7.11 Å². The maximum absolute atomic E-state index is 12.9. The summed E-state index contributed by atoms with van der Waals surface area (Å²) in [5.74, 6) is 0.215. The summed E-state index contributed by atoms with van der Waals surface area (Å²) < 4.78 is 11.1. The van der Waals surface area contributed by atoms with Gasteiger partial charge in [-0.05, 0) is 29.8 Å². The van der Waals surface area contributed by atoms with E-state index in [9.17, 15) is 14.7 Å². The Labute approximate surface area is 174 Å². The molecule has 30 heavy (non-hydrogen) atoms. The topological polar surface area (TPSA) is 76.1 Å². The van der Waals surface area contributed by atoms with E-state index in [-0.39, 0.29) is 0 Å². The summed E-state index contributed by atoms with van der Waals surface area (Å²) in [5.41, 5.74) is 1.06. The summed E-state index contributed by atoms with van der Waals surface area (Å²) in [6.07, 6.45) is -2.46. The number of carbonyl (C=O) groups is 2. The fraction of sp³-hybridized carbons (Fsp3) is 0.167. The van der Waals surface area contributed by atoms with E-state index in [1.165, 1.54) is 4.90 Å². The average molecular weight is 403 g/mol. The first kappa shape index (κ1) is 19.7. The molecule has 1 heterocycles. The second kappa shape index (κ2) is 8.39. The number of β-lactam (4-membered cyclic amide) rings is 1. The average Bonchev–Trinajstić information content (AvgIpc) is 2.81. The van der Waals surface area contributed by atoms with Crippen LogP contribution in [0.15, 0.2) is 84.9 Å². The highest BCUT2D eigenvalue weighted by atomic mass is 16.5. The molecule has 3 aromatic carbocycles. The molecule has 6 heteroatoms. The maximum Gasteiger partial charge on any atom is 0.269 e. The Hall–Kier alpha value is -3.64. The predicted octanol–water partition coefficient (Wildman–Crippen LogP) is 3.23. The van der Waals surface area contributed by atoms with Crippen LogP contribution in [0.3, 0.4) is 0 Å². The van der Waals surface area contributed by atoms with E-state index >= 15 is 0 Å². The number of likely N-dealkylation sites (tertiary alicyclic amines) is 1. The van der Waals surface area contributed by atoms with Crippen molar-refractivity contribution in [2.24, 2.45) is 0 Å². The third-order valence-electron chi connectivity index (χ3n) is 5.10. The first-order chi connectivity index (χ1) is 14.6. The van der Waals surface area contributed by atoms with Crippen LogP contribution in [0.1, 0.15) is 22.0 Å². The number of nitrogens with zero attached hydrogens (tertiary/aromatic N) is 1. The number of benzene rings is 3. The lowest BCUT2D eigenvalue weighted by atomic mass is 9.89. The number of ether oxygens (including phenoxy) is 2. The molecule has 0 saturated carbocycles. The van der Waals surface area contributed by atoms with Gasteiger partial charge in [-0.25, -0.2) is 0 Å². The van der Waals surface area contributed by atoms with Gasteiger partial charge in [-0.1, -0.05) is 60.7 Å². The van der Waals surface area contributed by atoms with Crippen LogP contribution in [-0.2, 0) is 4.79 Å². The Morgan fingerprint density at radius 2 is 1.50 bits per heavy atom. The van der Waals surface area contributed by atoms with Crippen molar-refractivity contribution in [2.45, 2.75) is 18.4 Å². The highest BCUT2D eigenvalue weighted by Gasteiger charge is 2.54. The van der Waals surface area contributed by atoms with Crippen LogP contribution >= 0.6 is 0 Å². The van der Waals surface area contributed by atoms with Gasteiger partial charge in [0.2, 0.25) is 11.9 Å². The van der Waals surface area contributed by atoms with Crippen molar-refractivity contribution in [3.63, 3.8) is 0 Å². The largest absolute Gasteiger partial charge is 0.497 e. The number of para-hydroxylation sites is 1. The monoisotopic (exact) mass is 403 g/mol. The van der Waals surface area contributed by atoms with E-state index in [1.807, 2.05) is 18.2 Å². The van der Waals surface area contributed by atoms with Gasteiger partial charge in [0.25, 0.3) is 5.91 Å². The van der Waals surface area contributed by atoms with Gasteiger partial charge < -0.3 is 14.6 Å². The van der Waals surface area contributed by atoms with Crippen LogP contribution in [0.2, 0.25) is 0 Å². The van der Waals surface area contributed by atoms with Gasteiger partial charge >= 0.3 is 0 Å². The first-order valence-electron chi connectivity index (χ1n) is 9.55. The quantitative estimate of drug-likeness (QED) is 0.484. The van der Waals surface area contributed by atoms with E-state index in [1.54, 1.807) is 73.8 Å². The zero-order valence-electron chi connectivity index (χ0n) is 16.3. The van der Waals surface area contributed by atoms with Crippen LogP contribution < -0.4 is 9.47 Å². The molecule has 1 unspecified atom stereocenters. The molecule has 6 nitrogen and oxygen atoms in total. The van der Waals surface area contributed by atoms with Crippen LogP contribution in [0.25, 0.3) is 0 Å². The molecule has 1 aliphatic rings. The van der Waals surface area contributed by atoms with Crippen molar-refractivity contribution >= 4 is 11.7 Å². The third kappa shape index (κ3) is 3.65. The normalized spacial score (nSPS) is 19.0. The molecule has 1 saturated heterocycles. The molecule has 0 aliphatic carbocycles. The number of carbonyl (C=O) groups excluding carboxylic acids is 2. The highest BCUT2D eigenvalue weighted by molar-refractivity contribution is 6.02. The maximum atomic E-state index is 12.9. The zero-order valence-corrected chi connectivity index (χ0v) is 16.3. The molecule has 0 radical (unpaired) electrons. The number of rotatable bonds is 7. The van der Waals surface area contributed by atoms with Gasteiger partial charge in [-0.15, -0.1) is 0 Å². The number of methoxy groups -OCH3 is 1. The van der Waals surface area contributed by atoms with Gasteiger partial charge in [0.05, 0.1) is 7.11 Å². The summed E-state index contributed by atoms with van der Waals surface area (Å²) in [7, 11) is 1.57. The number of hydrogen-bond donors (Lipinski definition) is 1. The Kier molecular flexibility index (Phi) is 5.50. The standard InChI is InChI=1S/C24H21NO5/c1-29-18-14-12-16(13-15-18)20-22(30-19-10-6-3-7-11-19)24(28)25(20)23(27)21(26)17-8-4-2-5-9-17/h2-15,20,22-23,27H,1H3/t20-,22+,23?/m1/s1. The SMILES string of the molecule is COc1ccc([C@@H]2[C@H](Oc3ccccc3)C(=O)N2C(O)C(=O)c2ccccc2)cc1. The fourth-order valence-electron chi connectivity index (χ4n) is 3.53. The number of aliphatic hydroxyl groups excluding tert-OH is 1. The highest BCUT2D eigenvalue weighted by Crippen LogP contribution is 2.40. The molecule has 4 rings (SSSR count). The molecule has 1 N–H and O–H groups in total. The first-order valence-corrected chi connectivity index (χ1v) is 9.55. The molecule has 1 amide bonds. The minimum Gasteiger partial charge on any atom is -0.497 e. The predicted molar refractivity (Wildman–Crippen MR) is 110 cm³/mol. The van der Waals surface area contributed by atoms with Gasteiger partial charge in [-0.3, -0.25) is 14.5 Å². The number of ketones is 1. The van der Waals surface area contributed by atoms with Crippen molar-refractivity contribution in [1.29, 1.82) is 0 Å². The van der Waals surface area contributed by atoms with Crippen LogP contribution in [0.4, 0.5) is 0 Å². The fourth-order valence-corrected chi connectivity index (χ4v) is 3.53. The van der Waals surface area contributed by atoms with Gasteiger partial charge in [-0.2, -0.15) is 0 Å². The third-order valence-corrected chi connectivity index (χ3v) is 5.10. The minimum atomic E-state index is -1.61. The second-order valence-electron chi connectivity index (χ2n) is 6.92. The molecule has 0 aromatic heterocycles. The summed E-state index contributed by atoms with van der Waals surface area (Å²) in [6.45, 7) is 0. The van der Waals surface area contributed by atoms with Gasteiger partial charge in [0.1, 0.15) is 17.5 Å². The summed E-state index contributed by atoms with van der Waals surface area (Å²) >= 11 is 0. The molecule has 3 atom stereocenters. The Morgan fingerprint density at radius 1 is 0.900 bits per heavy atom. The van der Waals surface area contributed by atoms with Gasteiger partial charge in [0.15, 0.2) is 6.23 Å². The lowest BCUT2D eigenvalue weighted by Crippen LogP contribution is -2.66. The van der Waals surface area contributed by atoms with Crippen LogP contribution in [0, 0.1) is 0 Å². The smallest absolute Gasteiger partial charge is 0.269 e. The van der Waals surface area contributed by atoms with E-state index in [0.717, 1.165) is 5.56 Å². The molecule has 0 bridgehead atoms. The van der Waals surface area contributed by atoms with Crippen molar-refractivity contribution in [3.8, 4) is 11.5 Å². The molecule has 3 aromatic rings. The Balaban J connectivity index is 1.64. The van der Waals surface area contributed by atoms with Crippen molar-refractivity contribution < 1.29 is 24.2 Å². The molecule has 152 valence electrons. The summed E-state index contributed by atoms with van der Waals surface area (Å²) in [5, 5.41) is 10.8. The molecule has 1 aliphatic heterocycles. The lowest BCUT2D eigenvalue weighted by molar-refractivity contribution is -0.179. The summed E-state index contributed by atoms with van der Waals surface area (Å²) in [6, 6.07) is 23.9. The zero-order chi connectivity index (χ0) is 21.1. The molecule has 1 fully saturated rings. The van der Waals surface area contributed by atoms with Crippen LogP contribution in [-0.4, -0.2) is 41.1 Å². The molecule has 0 spiro atoms. The van der Waals surface area contributed by atoms with E-state index in [0.29, 0.717) is 17.1 Å². The van der Waals surface area contributed by atoms with E-state index in [4.69, 9.17) is 9.47 Å². The summed E-state index contributed by atoms with van der Waals surface area (Å²) in [4.78, 5) is 26.8. The minimum absolute atomic E-state index is 0.332. The number of Topliss-reactive ketones (excluding diaryl/α,β-unsaturated/α-hetero) is 1. The Bertz CT molecular complexity index is 1020. The number of hydrogen-bond acceptors (Lipinski definition) is 5. The number of aliphatic hydroxyl groups is 1. The van der Waals surface area contributed by atoms with Crippen LogP contribution in [0.5, 0.6) is 11.5 Å². The molecular formula is C24H21NO5. The van der Waals surface area contributed by atoms with E-state index < -0.39 is 30.1 Å².